The van der Waals surface area contributed by atoms with E-state index in [1.54, 1.807) is 14.1 Å². The predicted molar refractivity (Wildman–Crippen MR) is 193 cm³/mol. The molecule has 5 heterocycles. The molecule has 5 fully saturated rings. The van der Waals surface area contributed by atoms with Crippen LogP contribution in [0.3, 0.4) is 0 Å². The number of aliphatic hydroxyl groups is 1. The molecule has 0 spiro atoms. The van der Waals surface area contributed by atoms with Crippen LogP contribution in [0.15, 0.2) is 0 Å². The number of hydrogen-bond donors (Lipinski definition) is 1. The van der Waals surface area contributed by atoms with Crippen molar-refractivity contribution in [2.24, 2.45) is 0 Å². The van der Waals surface area contributed by atoms with Crippen molar-refractivity contribution in [3.05, 3.63) is 0 Å². The van der Waals surface area contributed by atoms with Crippen LogP contribution in [0, 0.1) is 0 Å². The Kier molecular flexibility index (Phi) is 18.3. The lowest BCUT2D eigenvalue weighted by molar-refractivity contribution is -0.141. The van der Waals surface area contributed by atoms with Gasteiger partial charge in [-0.1, -0.05) is 0 Å². The molecule has 0 aliphatic carbocycles. The number of likely N-dealkylation sites (tertiary alicyclic amines) is 1. The maximum atomic E-state index is 11.5. The van der Waals surface area contributed by atoms with Crippen LogP contribution < -0.4 is 0 Å². The summed E-state index contributed by atoms with van der Waals surface area (Å²) in [5.41, 5.74) is 0. The van der Waals surface area contributed by atoms with E-state index in [1.807, 2.05) is 91.0 Å². The number of carbonyl (C=O) groups excluding carboxylic acids is 3. The van der Waals surface area contributed by atoms with Crippen molar-refractivity contribution < 1.29 is 36.3 Å². The third-order valence-corrected chi connectivity index (χ3v) is 12.9. The van der Waals surface area contributed by atoms with E-state index in [-0.39, 0.29) is 36.8 Å². The van der Waals surface area contributed by atoms with Crippen LogP contribution in [0.1, 0.15) is 82.1 Å². The molecule has 5 aliphatic heterocycles. The molecular weight excluding hydrogens is 675 g/mol. The van der Waals surface area contributed by atoms with Gasteiger partial charge in [0.05, 0.1) is 18.1 Å². The fourth-order valence-electron chi connectivity index (χ4n) is 5.60. The van der Waals surface area contributed by atoms with Crippen molar-refractivity contribution in [2.75, 3.05) is 77.5 Å². The second-order valence-electron chi connectivity index (χ2n) is 14.1. The molecular formula is C32H65N7O8S2. The molecule has 5 amide bonds. The number of aliphatic hydroxyl groups excluding tert-OH is 1. The average Bonchev–Trinajstić information content (AvgIpc) is 3.64. The van der Waals surface area contributed by atoms with Gasteiger partial charge in [0, 0.05) is 96.0 Å². The molecule has 5 rings (SSSR count). The minimum absolute atomic E-state index is 0.0532. The van der Waals surface area contributed by atoms with Crippen LogP contribution in [-0.2, 0) is 24.8 Å². The number of nitrogens with zero attached hydrogens (tertiary/aromatic N) is 7. The van der Waals surface area contributed by atoms with Crippen LogP contribution in [0.4, 0.5) is 9.59 Å². The number of amides is 5. The smallest absolute Gasteiger partial charge is 0.320 e. The fourth-order valence-corrected chi connectivity index (χ4v) is 8.71. The zero-order valence-electron chi connectivity index (χ0n) is 31.8. The molecule has 0 bridgehead atoms. The van der Waals surface area contributed by atoms with E-state index in [9.17, 15) is 31.2 Å². The van der Waals surface area contributed by atoms with Crippen LogP contribution in [-0.4, -0.2) is 181 Å². The Morgan fingerprint density at radius 2 is 1.04 bits per heavy atom. The van der Waals surface area contributed by atoms with Gasteiger partial charge >= 0.3 is 12.1 Å². The zero-order chi connectivity index (χ0) is 37.9. The minimum atomic E-state index is -2.85. The number of sulfonamides is 2. The first-order valence-electron chi connectivity index (χ1n) is 17.6. The first kappa shape index (κ1) is 44.8. The number of hydrogen-bond acceptors (Lipinski definition) is 8. The Morgan fingerprint density at radius 3 is 1.22 bits per heavy atom. The molecule has 0 saturated carbocycles. The largest absolute Gasteiger partial charge is 0.395 e. The molecule has 0 radical (unpaired) electrons. The Labute approximate surface area is 296 Å². The molecule has 0 unspecified atom stereocenters. The second kappa shape index (κ2) is 20.0. The van der Waals surface area contributed by atoms with E-state index in [1.165, 1.54) is 4.31 Å². The van der Waals surface area contributed by atoms with Crippen LogP contribution in [0.2, 0.25) is 0 Å². The molecule has 288 valence electrons. The highest BCUT2D eigenvalue weighted by atomic mass is 32.2. The number of likely N-dealkylation sites (N-methyl/N-ethyl adjacent to an activating group) is 1. The maximum absolute atomic E-state index is 11.5. The predicted octanol–water partition coefficient (Wildman–Crippen LogP) is 1.98. The quantitative estimate of drug-likeness (QED) is 0.388. The van der Waals surface area contributed by atoms with Crippen molar-refractivity contribution >= 4 is 38.0 Å². The molecule has 17 heteroatoms. The van der Waals surface area contributed by atoms with Crippen LogP contribution in [0.25, 0.3) is 0 Å². The highest BCUT2D eigenvalue weighted by Gasteiger charge is 2.34. The molecule has 0 aromatic heterocycles. The normalized spacial score (nSPS) is 21.7. The summed E-state index contributed by atoms with van der Waals surface area (Å²) in [6.45, 7) is 25.9. The molecule has 5 saturated heterocycles. The monoisotopic (exact) mass is 739 g/mol. The van der Waals surface area contributed by atoms with Crippen molar-refractivity contribution in [2.45, 2.75) is 112 Å². The third kappa shape index (κ3) is 13.5. The minimum Gasteiger partial charge on any atom is -0.395 e. The number of β-lactam (4-membered cyclic amide) rings is 1. The summed E-state index contributed by atoms with van der Waals surface area (Å²) in [5, 5.41) is 8.66. The van der Waals surface area contributed by atoms with Gasteiger partial charge in [-0.15, -0.1) is 0 Å². The number of rotatable bonds is 7. The van der Waals surface area contributed by atoms with Gasteiger partial charge < -0.3 is 29.6 Å². The lowest BCUT2D eigenvalue weighted by atomic mass is 10.1. The van der Waals surface area contributed by atoms with Crippen molar-refractivity contribution in [3.63, 3.8) is 0 Å². The summed E-state index contributed by atoms with van der Waals surface area (Å²) in [4.78, 5) is 42.3. The number of urea groups is 2. The first-order valence-corrected chi connectivity index (χ1v) is 20.8. The van der Waals surface area contributed by atoms with E-state index in [2.05, 4.69) is 0 Å². The standard InChI is InChI=1S/C8H16N2O2.C7H14N2O.C6H13NO2S.C6H11NO.C5H11NO2S/c1-7(2)10-4-3-9(5-6-11)8(10)12;1-6(2)9-5-4-8(3)7(9)10;1-6(2)7-4-3-5-10(7,8)9;1-5(2)7-4-3-6(7)8;1-5(2)6-3-4-9(6,7)8/h7,11H,3-6H2,1-2H3;6H,4-5H2,1-3H3;6H,3-5H2,1-2H3;5H,3-4H2,1-2H3;5H,3-4H2,1-2H3. The van der Waals surface area contributed by atoms with E-state index in [0.29, 0.717) is 49.1 Å². The lowest BCUT2D eigenvalue weighted by Gasteiger charge is -2.34. The average molecular weight is 740 g/mol. The van der Waals surface area contributed by atoms with Gasteiger partial charge in [0.2, 0.25) is 26.0 Å². The lowest BCUT2D eigenvalue weighted by Crippen LogP contribution is -2.51. The highest BCUT2D eigenvalue weighted by molar-refractivity contribution is 7.90. The van der Waals surface area contributed by atoms with Gasteiger partial charge in [0.1, 0.15) is 0 Å². The highest BCUT2D eigenvalue weighted by Crippen LogP contribution is 2.17. The van der Waals surface area contributed by atoms with Crippen molar-refractivity contribution in [1.29, 1.82) is 0 Å². The molecule has 1 N–H and O–H groups in total. The molecule has 0 aromatic rings. The van der Waals surface area contributed by atoms with Gasteiger partial charge in [0.15, 0.2) is 0 Å². The summed E-state index contributed by atoms with van der Waals surface area (Å²) >= 11 is 0. The zero-order valence-corrected chi connectivity index (χ0v) is 33.5. The molecule has 15 nitrogen and oxygen atoms in total. The van der Waals surface area contributed by atoms with Gasteiger partial charge in [-0.25, -0.2) is 26.4 Å². The Bertz CT molecular complexity index is 1280. The summed E-state index contributed by atoms with van der Waals surface area (Å²) in [6, 6.07) is 1.51. The third-order valence-electron chi connectivity index (χ3n) is 8.72. The molecule has 0 atom stereocenters. The molecule has 49 heavy (non-hydrogen) atoms. The summed E-state index contributed by atoms with van der Waals surface area (Å²) in [6.07, 6.45) is 1.55. The first-order chi connectivity index (χ1) is 22.6. The Hall–Kier alpha value is -2.21. The van der Waals surface area contributed by atoms with Crippen molar-refractivity contribution in [1.82, 2.24) is 33.1 Å². The van der Waals surface area contributed by atoms with E-state index in [4.69, 9.17) is 5.11 Å². The van der Waals surface area contributed by atoms with Gasteiger partial charge in [-0.05, 0) is 75.7 Å². The van der Waals surface area contributed by atoms with Gasteiger partial charge in [0.25, 0.3) is 0 Å². The Balaban J connectivity index is 0.000000308. The topological polar surface area (TPSA) is 162 Å². The SMILES string of the molecule is CC(C)N1CCC1=O.CC(C)N1CCCS1(=O)=O.CC(C)N1CCN(C)C1=O.CC(C)N1CCN(CCO)C1=O.CC(C)N1CCS1(=O)=O. The summed E-state index contributed by atoms with van der Waals surface area (Å²) in [7, 11) is -3.80. The maximum Gasteiger partial charge on any atom is 0.320 e. The molecule has 5 aliphatic rings. The van der Waals surface area contributed by atoms with Crippen LogP contribution in [0.5, 0.6) is 0 Å². The summed E-state index contributed by atoms with van der Waals surface area (Å²) in [5.74, 6) is 0.983. The van der Waals surface area contributed by atoms with E-state index >= 15 is 0 Å². The van der Waals surface area contributed by atoms with E-state index < -0.39 is 20.0 Å². The van der Waals surface area contributed by atoms with Crippen molar-refractivity contribution in [3.8, 4) is 0 Å². The Morgan fingerprint density at radius 1 is 0.571 bits per heavy atom. The van der Waals surface area contributed by atoms with E-state index in [0.717, 1.165) is 45.6 Å². The van der Waals surface area contributed by atoms with Gasteiger partial charge in [-0.3, -0.25) is 4.79 Å². The number of carbonyl (C=O) groups is 3. The van der Waals surface area contributed by atoms with Crippen LogP contribution >= 0.6 is 0 Å². The second-order valence-corrected chi connectivity index (χ2v) is 18.2. The fraction of sp³-hybridized carbons (Fsp3) is 0.906. The molecule has 0 aromatic carbocycles. The van der Waals surface area contributed by atoms with Gasteiger partial charge in [-0.2, -0.15) is 8.61 Å². The number of β-amino-alcohol motifs (C(OH)–C–C–N with tert-alkyl or cyclic N) is 1. The summed E-state index contributed by atoms with van der Waals surface area (Å²) < 4.78 is 46.9.